The van der Waals surface area contributed by atoms with Crippen molar-refractivity contribution in [1.82, 2.24) is 24.7 Å². The number of benzene rings is 1. The van der Waals surface area contributed by atoms with E-state index in [0.717, 1.165) is 24.2 Å². The fourth-order valence-electron chi connectivity index (χ4n) is 1.97. The largest absolute Gasteiger partial charge is 0.368 e. The normalized spacial score (nSPS) is 10.6. The van der Waals surface area contributed by atoms with Gasteiger partial charge in [-0.05, 0) is 18.1 Å². The third-order valence-electron chi connectivity index (χ3n) is 3.02. The van der Waals surface area contributed by atoms with Crippen LogP contribution in [-0.4, -0.2) is 24.7 Å². The molecule has 3 rings (SSSR count). The summed E-state index contributed by atoms with van der Waals surface area (Å²) < 4.78 is 1.82. The Hall–Kier alpha value is -2.76. The molecule has 2 N–H and O–H groups in total. The molecule has 0 radical (unpaired) electrons. The summed E-state index contributed by atoms with van der Waals surface area (Å²) in [6, 6.07) is 10.1. The zero-order valence-corrected chi connectivity index (χ0v) is 10.8. The Balaban J connectivity index is 1.71. The fraction of sp³-hybridized carbons (Fsp3) is 0.143. The lowest BCUT2D eigenvalue weighted by molar-refractivity contribution is 0.613. The maximum Gasteiger partial charge on any atom is 0.220 e. The molecule has 0 atom stereocenters. The van der Waals surface area contributed by atoms with E-state index in [1.807, 2.05) is 22.9 Å². The standard InChI is InChI=1S/C14H14N6/c15-14-17-7-5-13(19-14)12-3-1-11(2-4-12)6-8-20-10-16-9-18-20/h1-5,7,9-10H,6,8H2,(H2,15,17,19). The van der Waals surface area contributed by atoms with E-state index in [4.69, 9.17) is 5.73 Å². The SMILES string of the molecule is Nc1nccc(-c2ccc(CCn3cncn3)cc2)n1. The Morgan fingerprint density at radius 2 is 1.95 bits per heavy atom. The maximum atomic E-state index is 5.59. The molecule has 6 heteroatoms. The highest BCUT2D eigenvalue weighted by Gasteiger charge is 2.01. The topological polar surface area (TPSA) is 82.5 Å². The number of aromatic nitrogens is 5. The molecular formula is C14H14N6. The van der Waals surface area contributed by atoms with E-state index >= 15 is 0 Å². The van der Waals surface area contributed by atoms with Gasteiger partial charge in [-0.1, -0.05) is 24.3 Å². The van der Waals surface area contributed by atoms with Crippen molar-refractivity contribution in [2.24, 2.45) is 0 Å². The van der Waals surface area contributed by atoms with Crippen LogP contribution < -0.4 is 5.73 Å². The van der Waals surface area contributed by atoms with Crippen LogP contribution in [-0.2, 0) is 13.0 Å². The van der Waals surface area contributed by atoms with Gasteiger partial charge in [-0.2, -0.15) is 5.10 Å². The van der Waals surface area contributed by atoms with Crippen LogP contribution in [0.2, 0.25) is 0 Å². The molecule has 0 aliphatic rings. The minimum absolute atomic E-state index is 0.290. The smallest absolute Gasteiger partial charge is 0.220 e. The molecule has 2 heterocycles. The van der Waals surface area contributed by atoms with Gasteiger partial charge in [0.25, 0.3) is 0 Å². The number of nitrogens with zero attached hydrogens (tertiary/aromatic N) is 5. The average molecular weight is 266 g/mol. The Morgan fingerprint density at radius 3 is 2.65 bits per heavy atom. The lowest BCUT2D eigenvalue weighted by Crippen LogP contribution is -2.01. The second-order valence-corrected chi connectivity index (χ2v) is 4.41. The van der Waals surface area contributed by atoms with Crippen LogP contribution in [0.15, 0.2) is 49.2 Å². The van der Waals surface area contributed by atoms with Gasteiger partial charge in [0.05, 0.1) is 5.69 Å². The number of nitrogens with two attached hydrogens (primary N) is 1. The van der Waals surface area contributed by atoms with E-state index in [1.165, 1.54) is 5.56 Å². The van der Waals surface area contributed by atoms with Crippen molar-refractivity contribution in [3.05, 3.63) is 54.7 Å². The summed E-state index contributed by atoms with van der Waals surface area (Å²) in [5.41, 5.74) is 8.70. The quantitative estimate of drug-likeness (QED) is 0.774. The number of nitrogen functional groups attached to an aromatic ring is 1. The molecule has 1 aromatic carbocycles. The Morgan fingerprint density at radius 1 is 1.10 bits per heavy atom. The third kappa shape index (κ3) is 2.80. The minimum atomic E-state index is 0.290. The Labute approximate surface area is 116 Å². The maximum absolute atomic E-state index is 5.59. The highest BCUT2D eigenvalue weighted by molar-refractivity contribution is 5.59. The molecule has 0 bridgehead atoms. The van der Waals surface area contributed by atoms with E-state index in [0.29, 0.717) is 0 Å². The van der Waals surface area contributed by atoms with E-state index in [1.54, 1.807) is 18.9 Å². The van der Waals surface area contributed by atoms with E-state index in [9.17, 15) is 0 Å². The van der Waals surface area contributed by atoms with Gasteiger partial charge in [0.2, 0.25) is 5.95 Å². The van der Waals surface area contributed by atoms with Crippen molar-refractivity contribution in [3.63, 3.8) is 0 Å². The highest BCUT2D eigenvalue weighted by atomic mass is 15.3. The Bertz CT molecular complexity index is 675. The lowest BCUT2D eigenvalue weighted by Gasteiger charge is -2.04. The summed E-state index contributed by atoms with van der Waals surface area (Å²) in [5.74, 6) is 0.290. The minimum Gasteiger partial charge on any atom is -0.368 e. The zero-order valence-electron chi connectivity index (χ0n) is 10.8. The van der Waals surface area contributed by atoms with Crippen molar-refractivity contribution in [3.8, 4) is 11.3 Å². The molecule has 0 unspecified atom stereocenters. The van der Waals surface area contributed by atoms with Crippen molar-refractivity contribution in [1.29, 1.82) is 0 Å². The monoisotopic (exact) mass is 266 g/mol. The van der Waals surface area contributed by atoms with E-state index in [-0.39, 0.29) is 5.95 Å². The van der Waals surface area contributed by atoms with Crippen LogP contribution in [0, 0.1) is 0 Å². The van der Waals surface area contributed by atoms with Gasteiger partial charge in [-0.15, -0.1) is 0 Å². The van der Waals surface area contributed by atoms with Crippen molar-refractivity contribution < 1.29 is 0 Å². The summed E-state index contributed by atoms with van der Waals surface area (Å²) in [7, 11) is 0. The second kappa shape index (κ2) is 5.48. The number of aryl methyl sites for hydroxylation is 2. The summed E-state index contributed by atoms with van der Waals surface area (Å²) in [6.45, 7) is 0.819. The Kier molecular flexibility index (Phi) is 3.36. The summed E-state index contributed by atoms with van der Waals surface area (Å²) in [4.78, 5) is 12.0. The van der Waals surface area contributed by atoms with E-state index < -0.39 is 0 Å². The third-order valence-corrected chi connectivity index (χ3v) is 3.02. The molecule has 0 amide bonds. The van der Waals surface area contributed by atoms with Crippen LogP contribution in [0.5, 0.6) is 0 Å². The van der Waals surface area contributed by atoms with Gasteiger partial charge in [-0.3, -0.25) is 4.68 Å². The van der Waals surface area contributed by atoms with E-state index in [2.05, 4.69) is 32.2 Å². The number of hydrogen-bond donors (Lipinski definition) is 1. The van der Waals surface area contributed by atoms with Crippen LogP contribution in [0.1, 0.15) is 5.56 Å². The van der Waals surface area contributed by atoms with Gasteiger partial charge in [0.1, 0.15) is 12.7 Å². The molecule has 0 fully saturated rings. The predicted octanol–water partition coefficient (Wildman–Crippen LogP) is 1.56. The molecule has 3 aromatic rings. The van der Waals surface area contributed by atoms with Crippen LogP contribution in [0.3, 0.4) is 0 Å². The van der Waals surface area contributed by atoms with Crippen molar-refractivity contribution in [2.75, 3.05) is 5.73 Å². The average Bonchev–Trinajstić information content (AvgIpc) is 2.99. The molecule has 100 valence electrons. The van der Waals surface area contributed by atoms with Crippen LogP contribution in [0.25, 0.3) is 11.3 Å². The summed E-state index contributed by atoms with van der Waals surface area (Å²) in [6.07, 6.45) is 5.84. The number of hydrogen-bond acceptors (Lipinski definition) is 5. The fourth-order valence-corrected chi connectivity index (χ4v) is 1.97. The van der Waals surface area contributed by atoms with Crippen molar-refractivity contribution in [2.45, 2.75) is 13.0 Å². The molecule has 0 aliphatic heterocycles. The predicted molar refractivity (Wildman–Crippen MR) is 75.6 cm³/mol. The lowest BCUT2D eigenvalue weighted by atomic mass is 10.1. The summed E-state index contributed by atoms with van der Waals surface area (Å²) in [5, 5.41) is 4.08. The second-order valence-electron chi connectivity index (χ2n) is 4.41. The van der Waals surface area contributed by atoms with Gasteiger partial charge in [0.15, 0.2) is 0 Å². The first-order valence-corrected chi connectivity index (χ1v) is 6.31. The van der Waals surface area contributed by atoms with Crippen molar-refractivity contribution >= 4 is 5.95 Å². The highest BCUT2D eigenvalue weighted by Crippen LogP contribution is 2.18. The van der Waals surface area contributed by atoms with Crippen LogP contribution >= 0.6 is 0 Å². The molecule has 20 heavy (non-hydrogen) atoms. The summed E-state index contributed by atoms with van der Waals surface area (Å²) >= 11 is 0. The number of anilines is 1. The molecule has 0 spiro atoms. The van der Waals surface area contributed by atoms with Gasteiger partial charge in [0, 0.05) is 18.3 Å². The molecule has 6 nitrogen and oxygen atoms in total. The first kappa shape index (κ1) is 12.3. The zero-order chi connectivity index (χ0) is 13.8. The first-order chi connectivity index (χ1) is 9.81. The number of rotatable bonds is 4. The molecular weight excluding hydrogens is 252 g/mol. The molecule has 0 aliphatic carbocycles. The van der Waals surface area contributed by atoms with Crippen LogP contribution in [0.4, 0.5) is 5.95 Å². The first-order valence-electron chi connectivity index (χ1n) is 6.31. The molecule has 2 aromatic heterocycles. The molecule has 0 saturated carbocycles. The van der Waals surface area contributed by atoms with Gasteiger partial charge >= 0.3 is 0 Å². The molecule has 0 saturated heterocycles. The van der Waals surface area contributed by atoms with Gasteiger partial charge in [-0.25, -0.2) is 15.0 Å². The van der Waals surface area contributed by atoms with Gasteiger partial charge < -0.3 is 5.73 Å².